The average Bonchev–Trinajstić information content (AvgIpc) is 2.46. The molecular formula is C15H30N4O2. The van der Waals surface area contributed by atoms with Gasteiger partial charge >= 0.3 is 6.03 Å². The van der Waals surface area contributed by atoms with Gasteiger partial charge in [0, 0.05) is 18.6 Å². The molecule has 1 saturated carbocycles. The van der Waals surface area contributed by atoms with Crippen LogP contribution in [0.1, 0.15) is 52.4 Å². The Labute approximate surface area is 127 Å². The van der Waals surface area contributed by atoms with E-state index in [-0.39, 0.29) is 12.5 Å². The fourth-order valence-electron chi connectivity index (χ4n) is 2.74. The molecule has 0 aliphatic heterocycles. The number of carbonyl (C=O) groups is 2. The van der Waals surface area contributed by atoms with Crippen LogP contribution in [0.15, 0.2) is 0 Å². The highest BCUT2D eigenvalue weighted by Crippen LogP contribution is 2.21. The van der Waals surface area contributed by atoms with E-state index in [1.54, 1.807) is 0 Å². The van der Waals surface area contributed by atoms with Gasteiger partial charge < -0.3 is 11.1 Å². The number of imide groups is 1. The largest absolute Gasteiger partial charge is 0.338 e. The second kappa shape index (κ2) is 9.73. The van der Waals surface area contributed by atoms with Gasteiger partial charge in [-0.3, -0.25) is 15.0 Å². The molecule has 0 atom stereocenters. The average molecular weight is 298 g/mol. The van der Waals surface area contributed by atoms with E-state index in [0.29, 0.717) is 18.6 Å². The van der Waals surface area contributed by atoms with Crippen LogP contribution in [0.5, 0.6) is 0 Å². The summed E-state index contributed by atoms with van der Waals surface area (Å²) in [6, 6.07) is 0.317. The minimum absolute atomic E-state index is 0.235. The molecule has 0 aromatic heterocycles. The number of urea groups is 1. The zero-order valence-electron chi connectivity index (χ0n) is 13.4. The molecule has 6 nitrogen and oxygen atoms in total. The molecule has 0 unspecified atom stereocenters. The minimum Gasteiger partial charge on any atom is -0.338 e. The molecule has 0 aromatic rings. The first kappa shape index (κ1) is 17.9. The van der Waals surface area contributed by atoms with Crippen LogP contribution in [-0.4, -0.2) is 48.6 Å². The summed E-state index contributed by atoms with van der Waals surface area (Å²) in [5, 5.41) is 5.08. The zero-order chi connectivity index (χ0) is 15.7. The van der Waals surface area contributed by atoms with E-state index in [1.807, 2.05) is 6.92 Å². The highest BCUT2D eigenvalue weighted by molar-refractivity contribution is 5.95. The second-order valence-corrected chi connectivity index (χ2v) is 5.79. The number of carbonyl (C=O) groups excluding carboxylic acids is 2. The van der Waals surface area contributed by atoms with Gasteiger partial charge in [-0.1, -0.05) is 20.3 Å². The number of nitrogens with two attached hydrogens (primary N) is 1. The second-order valence-electron chi connectivity index (χ2n) is 5.79. The Kier molecular flexibility index (Phi) is 8.30. The van der Waals surface area contributed by atoms with Crippen LogP contribution in [0.4, 0.5) is 4.79 Å². The molecule has 122 valence electrons. The van der Waals surface area contributed by atoms with Crippen molar-refractivity contribution in [3.8, 4) is 0 Å². The van der Waals surface area contributed by atoms with Crippen molar-refractivity contribution in [2.75, 3.05) is 19.6 Å². The quantitative estimate of drug-likeness (QED) is 0.616. The van der Waals surface area contributed by atoms with Crippen LogP contribution < -0.4 is 16.4 Å². The van der Waals surface area contributed by atoms with Gasteiger partial charge in [-0.2, -0.15) is 0 Å². The van der Waals surface area contributed by atoms with E-state index in [0.717, 1.165) is 45.1 Å². The first-order valence-corrected chi connectivity index (χ1v) is 8.14. The molecule has 4 N–H and O–H groups in total. The minimum atomic E-state index is -0.393. The van der Waals surface area contributed by atoms with Gasteiger partial charge in [0.15, 0.2) is 0 Å². The van der Waals surface area contributed by atoms with E-state index in [9.17, 15) is 9.59 Å². The van der Waals surface area contributed by atoms with Crippen LogP contribution in [0.25, 0.3) is 0 Å². The van der Waals surface area contributed by atoms with Gasteiger partial charge in [0.25, 0.3) is 0 Å². The molecule has 21 heavy (non-hydrogen) atoms. The Hall–Kier alpha value is -1.14. The van der Waals surface area contributed by atoms with Crippen molar-refractivity contribution in [3.05, 3.63) is 0 Å². The number of hydrogen-bond acceptors (Lipinski definition) is 4. The number of hydrogen-bond donors (Lipinski definition) is 3. The molecule has 0 saturated heterocycles. The van der Waals surface area contributed by atoms with Crippen molar-refractivity contribution < 1.29 is 9.59 Å². The predicted molar refractivity (Wildman–Crippen MR) is 83.9 cm³/mol. The van der Waals surface area contributed by atoms with Crippen LogP contribution in [-0.2, 0) is 4.79 Å². The van der Waals surface area contributed by atoms with Crippen molar-refractivity contribution in [1.29, 1.82) is 0 Å². The molecule has 6 heteroatoms. The summed E-state index contributed by atoms with van der Waals surface area (Å²) in [5.74, 6) is -0.235. The fraction of sp³-hybridized carbons (Fsp3) is 0.867. The maximum absolute atomic E-state index is 11.9. The van der Waals surface area contributed by atoms with E-state index in [4.69, 9.17) is 5.73 Å². The molecule has 0 aromatic carbocycles. The smallest absolute Gasteiger partial charge is 0.321 e. The van der Waals surface area contributed by atoms with Gasteiger partial charge in [0.05, 0.1) is 6.54 Å². The zero-order valence-corrected chi connectivity index (χ0v) is 13.4. The lowest BCUT2D eigenvalue weighted by Crippen LogP contribution is -2.48. The van der Waals surface area contributed by atoms with Crippen molar-refractivity contribution in [1.82, 2.24) is 15.5 Å². The maximum Gasteiger partial charge on any atom is 0.321 e. The van der Waals surface area contributed by atoms with Gasteiger partial charge in [-0.25, -0.2) is 4.79 Å². The highest BCUT2D eigenvalue weighted by Gasteiger charge is 2.25. The standard InChI is InChI=1S/C15H30N4O2/c1-3-5-10-17-15(21)18-14(20)11-19(4-2)13-8-6-12(16)7-9-13/h12-13H,3-11,16H2,1-2H3,(H2,17,18,20,21). The summed E-state index contributed by atoms with van der Waals surface area (Å²) in [5.41, 5.74) is 5.91. The summed E-state index contributed by atoms with van der Waals surface area (Å²) in [4.78, 5) is 25.6. The molecule has 1 rings (SSSR count). The first-order valence-electron chi connectivity index (χ1n) is 8.14. The Bertz CT molecular complexity index is 328. The molecule has 1 fully saturated rings. The summed E-state index contributed by atoms with van der Waals surface area (Å²) >= 11 is 0. The Morgan fingerprint density at radius 1 is 1.19 bits per heavy atom. The molecule has 1 aliphatic rings. The number of rotatable bonds is 7. The lowest BCUT2D eigenvalue weighted by molar-refractivity contribution is -0.121. The first-order chi connectivity index (χ1) is 10.1. The predicted octanol–water partition coefficient (Wildman–Crippen LogP) is 1.20. The fourth-order valence-corrected chi connectivity index (χ4v) is 2.74. The third-order valence-corrected chi connectivity index (χ3v) is 4.08. The van der Waals surface area contributed by atoms with Crippen LogP contribution >= 0.6 is 0 Å². The number of amides is 3. The summed E-state index contributed by atoms with van der Waals surface area (Å²) in [6.45, 7) is 5.79. The summed E-state index contributed by atoms with van der Waals surface area (Å²) in [7, 11) is 0. The SMILES string of the molecule is CCCCNC(=O)NC(=O)CN(CC)C1CCC(N)CC1. The van der Waals surface area contributed by atoms with Crippen molar-refractivity contribution in [2.24, 2.45) is 5.73 Å². The van der Waals surface area contributed by atoms with E-state index < -0.39 is 6.03 Å². The van der Waals surface area contributed by atoms with Gasteiger partial charge in [0.1, 0.15) is 0 Å². The number of nitrogens with one attached hydrogen (secondary N) is 2. The van der Waals surface area contributed by atoms with E-state index >= 15 is 0 Å². The lowest BCUT2D eigenvalue weighted by Gasteiger charge is -2.34. The summed E-state index contributed by atoms with van der Waals surface area (Å²) in [6.07, 6.45) is 6.03. The topological polar surface area (TPSA) is 87.5 Å². The highest BCUT2D eigenvalue weighted by atomic mass is 16.2. The van der Waals surface area contributed by atoms with Crippen LogP contribution in [0.2, 0.25) is 0 Å². The van der Waals surface area contributed by atoms with Crippen molar-refractivity contribution >= 4 is 11.9 Å². The van der Waals surface area contributed by atoms with Crippen molar-refractivity contribution in [2.45, 2.75) is 64.5 Å². The van der Waals surface area contributed by atoms with Gasteiger partial charge in [-0.05, 0) is 38.6 Å². The lowest BCUT2D eigenvalue weighted by atomic mass is 9.91. The molecule has 0 spiro atoms. The number of unbranched alkanes of at least 4 members (excludes halogenated alkanes) is 1. The normalized spacial score (nSPS) is 22.1. The Morgan fingerprint density at radius 3 is 2.43 bits per heavy atom. The molecule has 0 radical (unpaired) electrons. The Morgan fingerprint density at radius 2 is 1.86 bits per heavy atom. The molecule has 1 aliphatic carbocycles. The van der Waals surface area contributed by atoms with Crippen LogP contribution in [0, 0.1) is 0 Å². The van der Waals surface area contributed by atoms with Crippen LogP contribution in [0.3, 0.4) is 0 Å². The monoisotopic (exact) mass is 298 g/mol. The Balaban J connectivity index is 2.31. The van der Waals surface area contributed by atoms with E-state index in [2.05, 4.69) is 22.5 Å². The third-order valence-electron chi connectivity index (χ3n) is 4.08. The maximum atomic E-state index is 11.9. The van der Waals surface area contributed by atoms with E-state index in [1.165, 1.54) is 0 Å². The summed E-state index contributed by atoms with van der Waals surface area (Å²) < 4.78 is 0. The van der Waals surface area contributed by atoms with Gasteiger partial charge in [0.2, 0.25) is 5.91 Å². The number of nitrogens with zero attached hydrogens (tertiary/aromatic N) is 1. The number of likely N-dealkylation sites (N-methyl/N-ethyl adjacent to an activating group) is 1. The molecular weight excluding hydrogens is 268 g/mol. The van der Waals surface area contributed by atoms with Gasteiger partial charge in [-0.15, -0.1) is 0 Å². The molecule has 3 amide bonds. The van der Waals surface area contributed by atoms with Crippen molar-refractivity contribution in [3.63, 3.8) is 0 Å². The third kappa shape index (κ3) is 6.91. The molecule has 0 bridgehead atoms. The molecule has 0 heterocycles.